The first-order chi connectivity index (χ1) is 15.8. The minimum absolute atomic E-state index is 0.00858. The van der Waals surface area contributed by atoms with E-state index in [0.29, 0.717) is 29.7 Å². The second-order valence-corrected chi connectivity index (χ2v) is 8.21. The molecule has 5 heterocycles. The third-order valence-corrected chi connectivity index (χ3v) is 6.20. The number of carbonyl (C=O) groups is 1. The van der Waals surface area contributed by atoms with Crippen molar-refractivity contribution in [1.82, 2.24) is 29.8 Å². The molecule has 1 N–H and O–H groups in total. The lowest BCUT2D eigenvalue weighted by atomic mass is 9.95. The summed E-state index contributed by atoms with van der Waals surface area (Å²) in [5.74, 6) is 0.490. The largest absolute Gasteiger partial charge is 0.434 e. The van der Waals surface area contributed by atoms with Crippen molar-refractivity contribution >= 4 is 11.7 Å². The van der Waals surface area contributed by atoms with Crippen LogP contribution in [0.2, 0.25) is 0 Å². The lowest BCUT2D eigenvalue weighted by molar-refractivity contribution is -0.141. The maximum absolute atomic E-state index is 13.6. The molecule has 3 aromatic heterocycles. The number of rotatable bonds is 4. The zero-order chi connectivity index (χ0) is 23.2. The van der Waals surface area contributed by atoms with E-state index in [4.69, 9.17) is 0 Å². The van der Waals surface area contributed by atoms with Gasteiger partial charge in [0.15, 0.2) is 11.5 Å². The number of anilines is 1. The van der Waals surface area contributed by atoms with Crippen LogP contribution in [-0.4, -0.2) is 53.9 Å². The molecule has 170 valence electrons. The van der Waals surface area contributed by atoms with Crippen LogP contribution >= 0.6 is 0 Å². The smallest absolute Gasteiger partial charge is 0.364 e. The second kappa shape index (κ2) is 8.05. The van der Waals surface area contributed by atoms with E-state index < -0.39 is 11.9 Å². The number of halogens is 3. The first-order valence-corrected chi connectivity index (χ1v) is 10.5. The van der Waals surface area contributed by atoms with E-state index in [9.17, 15) is 18.0 Å². The third-order valence-electron chi connectivity index (χ3n) is 6.20. The zero-order valence-electron chi connectivity index (χ0n) is 17.6. The van der Waals surface area contributed by atoms with Crippen molar-refractivity contribution in [2.45, 2.75) is 50.5 Å². The summed E-state index contributed by atoms with van der Waals surface area (Å²) >= 11 is 0. The maximum atomic E-state index is 13.6. The van der Waals surface area contributed by atoms with Crippen molar-refractivity contribution in [3.8, 4) is 11.4 Å². The molecule has 2 bridgehead atoms. The Morgan fingerprint density at radius 2 is 1.85 bits per heavy atom. The van der Waals surface area contributed by atoms with Gasteiger partial charge in [-0.3, -0.25) is 9.78 Å². The molecular weight excluding hydrogens is 435 g/mol. The lowest BCUT2D eigenvalue weighted by Crippen LogP contribution is -2.40. The first-order valence-electron chi connectivity index (χ1n) is 10.5. The summed E-state index contributed by atoms with van der Waals surface area (Å²) in [6.45, 7) is 1.89. The topological polar surface area (TPSA) is 96.8 Å². The quantitative estimate of drug-likeness (QED) is 0.643. The van der Waals surface area contributed by atoms with Crippen LogP contribution in [0.4, 0.5) is 19.0 Å². The number of aromatic nitrogens is 5. The molecule has 0 radical (unpaired) electrons. The van der Waals surface area contributed by atoms with Gasteiger partial charge in [-0.1, -0.05) is 0 Å². The molecule has 0 aromatic carbocycles. The molecular formula is C22H20F3N7O. The van der Waals surface area contributed by atoms with Gasteiger partial charge in [0.1, 0.15) is 11.5 Å². The van der Waals surface area contributed by atoms with Gasteiger partial charge >= 0.3 is 6.18 Å². The van der Waals surface area contributed by atoms with Gasteiger partial charge < -0.3 is 10.2 Å². The molecule has 2 saturated heterocycles. The van der Waals surface area contributed by atoms with Gasteiger partial charge in [-0.25, -0.2) is 19.9 Å². The first kappa shape index (κ1) is 21.2. The molecule has 11 heteroatoms. The van der Waals surface area contributed by atoms with Gasteiger partial charge in [0.2, 0.25) is 0 Å². The molecule has 5 rings (SSSR count). The van der Waals surface area contributed by atoms with Crippen molar-refractivity contribution in [3.63, 3.8) is 0 Å². The van der Waals surface area contributed by atoms with E-state index in [1.54, 1.807) is 24.7 Å². The Morgan fingerprint density at radius 3 is 2.55 bits per heavy atom. The summed E-state index contributed by atoms with van der Waals surface area (Å²) in [7, 11) is 0. The number of fused-ring (bicyclic) bond motifs is 2. The van der Waals surface area contributed by atoms with Crippen LogP contribution in [0.5, 0.6) is 0 Å². The van der Waals surface area contributed by atoms with E-state index in [2.05, 4.69) is 30.2 Å². The number of hydrogen-bond donors (Lipinski definition) is 1. The highest BCUT2D eigenvalue weighted by Gasteiger charge is 2.49. The normalized spacial score (nSPS) is 21.9. The Hall–Kier alpha value is -3.63. The highest BCUT2D eigenvalue weighted by Crippen LogP contribution is 2.40. The minimum Gasteiger partial charge on any atom is -0.364 e. The fourth-order valence-electron chi connectivity index (χ4n) is 4.75. The van der Waals surface area contributed by atoms with Gasteiger partial charge in [-0.2, -0.15) is 13.2 Å². The molecule has 2 aliphatic heterocycles. The number of alkyl halides is 3. The fraction of sp³-hybridized carbons (Fsp3) is 0.364. The summed E-state index contributed by atoms with van der Waals surface area (Å²) in [4.78, 5) is 35.8. The molecule has 0 aliphatic carbocycles. The summed E-state index contributed by atoms with van der Waals surface area (Å²) in [6.07, 6.45) is 4.39. The molecule has 2 aliphatic rings. The molecule has 3 unspecified atom stereocenters. The average Bonchev–Trinajstić information content (AvgIpc) is 3.36. The van der Waals surface area contributed by atoms with Crippen LogP contribution in [0.25, 0.3) is 11.4 Å². The van der Waals surface area contributed by atoms with Crippen LogP contribution in [-0.2, 0) is 6.18 Å². The molecule has 33 heavy (non-hydrogen) atoms. The summed E-state index contributed by atoms with van der Waals surface area (Å²) < 4.78 is 38.2. The van der Waals surface area contributed by atoms with Crippen LogP contribution in [0.3, 0.4) is 0 Å². The van der Waals surface area contributed by atoms with Crippen molar-refractivity contribution in [1.29, 1.82) is 0 Å². The number of nitrogens with zero attached hydrogens (tertiary/aromatic N) is 6. The van der Waals surface area contributed by atoms with Crippen LogP contribution in [0.15, 0.2) is 43.1 Å². The molecule has 2 fully saturated rings. The predicted octanol–water partition coefficient (Wildman–Crippen LogP) is 3.51. The summed E-state index contributed by atoms with van der Waals surface area (Å²) in [5.41, 5.74) is 0.709. The molecule has 3 atom stereocenters. The average molecular weight is 455 g/mol. The molecule has 3 aromatic rings. The number of carbonyl (C=O) groups excluding carboxylic acids is 1. The molecule has 0 spiro atoms. The van der Waals surface area contributed by atoms with Gasteiger partial charge in [0.05, 0.1) is 30.0 Å². The highest BCUT2D eigenvalue weighted by molar-refractivity contribution is 5.99. The van der Waals surface area contributed by atoms with E-state index >= 15 is 0 Å². The Labute approximate surface area is 187 Å². The van der Waals surface area contributed by atoms with Crippen molar-refractivity contribution < 1.29 is 18.0 Å². The molecule has 1 amide bonds. The molecule has 8 nitrogen and oxygen atoms in total. The predicted molar refractivity (Wildman–Crippen MR) is 112 cm³/mol. The van der Waals surface area contributed by atoms with Crippen LogP contribution in [0, 0.1) is 6.92 Å². The van der Waals surface area contributed by atoms with Crippen LogP contribution in [0.1, 0.15) is 41.0 Å². The van der Waals surface area contributed by atoms with Crippen LogP contribution < -0.4 is 5.32 Å². The number of hydrogen-bond acceptors (Lipinski definition) is 7. The Kier molecular flexibility index (Phi) is 5.18. The third kappa shape index (κ3) is 3.87. The van der Waals surface area contributed by atoms with E-state index in [1.165, 1.54) is 0 Å². The van der Waals surface area contributed by atoms with Crippen molar-refractivity contribution in [2.75, 3.05) is 5.32 Å². The Bertz CT molecular complexity index is 1170. The number of pyridine rings is 1. The lowest BCUT2D eigenvalue weighted by Gasteiger charge is -2.26. The monoisotopic (exact) mass is 455 g/mol. The number of amides is 1. The van der Waals surface area contributed by atoms with E-state index in [1.807, 2.05) is 17.9 Å². The summed E-state index contributed by atoms with van der Waals surface area (Å²) in [6, 6.07) is 3.26. The van der Waals surface area contributed by atoms with E-state index in [-0.39, 0.29) is 29.9 Å². The maximum Gasteiger partial charge on any atom is 0.434 e. The van der Waals surface area contributed by atoms with Gasteiger partial charge in [-0.05, 0) is 43.9 Å². The van der Waals surface area contributed by atoms with Crippen molar-refractivity contribution in [2.24, 2.45) is 0 Å². The number of nitrogens with one attached hydrogen (secondary N) is 1. The van der Waals surface area contributed by atoms with Gasteiger partial charge in [-0.15, -0.1) is 0 Å². The number of aryl methyl sites for hydroxylation is 1. The second-order valence-electron chi connectivity index (χ2n) is 8.21. The highest BCUT2D eigenvalue weighted by atomic mass is 19.4. The van der Waals surface area contributed by atoms with Gasteiger partial charge in [0, 0.05) is 24.6 Å². The van der Waals surface area contributed by atoms with Gasteiger partial charge in [0.25, 0.3) is 5.91 Å². The van der Waals surface area contributed by atoms with Crippen molar-refractivity contribution in [3.05, 3.63) is 60.1 Å². The molecule has 0 saturated carbocycles. The summed E-state index contributed by atoms with van der Waals surface area (Å²) in [5, 5.41) is 3.16. The zero-order valence-corrected chi connectivity index (χ0v) is 17.6. The Balaban J connectivity index is 1.39. The SMILES string of the molecule is Cc1ccnc(C(=O)N2C3CCC2C(Nc2cnc(C(F)(F)F)cn2)C3)c1-c1ncccn1. The standard InChI is InChI=1S/C22H20F3N7O/c1-12-5-8-26-19(18(12)20-27-6-2-7-28-20)21(33)32-13-3-4-15(32)14(9-13)31-17-11-29-16(10-30-17)22(23,24)25/h2,5-8,10-11,13-15H,3-4,9H2,1H3,(H,30,31). The van der Waals surface area contributed by atoms with E-state index in [0.717, 1.165) is 24.6 Å². The minimum atomic E-state index is -4.54. The fourth-order valence-corrected chi connectivity index (χ4v) is 4.75. The Morgan fingerprint density at radius 1 is 1.06 bits per heavy atom.